The van der Waals surface area contributed by atoms with Crippen molar-refractivity contribution in [1.29, 1.82) is 0 Å². The largest absolute Gasteiger partial charge is 0.472 e. The van der Waals surface area contributed by atoms with Crippen molar-refractivity contribution in [1.82, 2.24) is 14.7 Å². The molecule has 0 unspecified atom stereocenters. The minimum Gasteiger partial charge on any atom is -0.472 e. The van der Waals surface area contributed by atoms with Crippen LogP contribution in [-0.4, -0.2) is 27.1 Å². The van der Waals surface area contributed by atoms with Gasteiger partial charge in [-0.05, 0) is 25.1 Å². The van der Waals surface area contributed by atoms with Crippen molar-refractivity contribution >= 4 is 5.91 Å². The van der Waals surface area contributed by atoms with Gasteiger partial charge in [0.1, 0.15) is 12.4 Å². The molecule has 6 heteroatoms. The number of fused-ring (bicyclic) bond motifs is 1. The van der Waals surface area contributed by atoms with Gasteiger partial charge in [0.05, 0.1) is 18.8 Å². The summed E-state index contributed by atoms with van der Waals surface area (Å²) in [6.45, 7) is 3.79. The maximum absolute atomic E-state index is 13.7. The molecule has 3 aromatic rings. The Hall–Kier alpha value is -3.15. The maximum Gasteiger partial charge on any atom is 0.254 e. The monoisotopic (exact) mass is 365 g/mol. The molecule has 1 amide bonds. The minimum atomic E-state index is -0.295. The third kappa shape index (κ3) is 3.69. The fraction of sp³-hybridized carbons (Fsp3) is 0.238. The van der Waals surface area contributed by atoms with E-state index in [1.54, 1.807) is 18.2 Å². The zero-order valence-corrected chi connectivity index (χ0v) is 15.1. The Balaban J connectivity index is 1.43. The summed E-state index contributed by atoms with van der Waals surface area (Å²) in [5, 5.41) is 4.41. The lowest BCUT2D eigenvalue weighted by Gasteiger charge is -2.27. The molecular formula is C21H20FN3O2. The van der Waals surface area contributed by atoms with Gasteiger partial charge in [-0.2, -0.15) is 0 Å². The lowest BCUT2D eigenvalue weighted by Crippen LogP contribution is -2.38. The molecule has 1 aromatic heterocycles. The number of hydrogen-bond donors (Lipinski definition) is 0. The van der Waals surface area contributed by atoms with E-state index in [1.165, 1.54) is 6.07 Å². The van der Waals surface area contributed by atoms with E-state index in [-0.39, 0.29) is 18.3 Å². The molecular weight excluding hydrogens is 345 g/mol. The van der Waals surface area contributed by atoms with Crippen molar-refractivity contribution in [2.24, 2.45) is 0 Å². The van der Waals surface area contributed by atoms with E-state index in [2.05, 4.69) is 5.10 Å². The Morgan fingerprint density at radius 1 is 1.15 bits per heavy atom. The summed E-state index contributed by atoms with van der Waals surface area (Å²) in [7, 11) is 0. The van der Waals surface area contributed by atoms with Crippen molar-refractivity contribution in [3.63, 3.8) is 0 Å². The van der Waals surface area contributed by atoms with E-state index in [1.807, 2.05) is 46.8 Å². The maximum atomic E-state index is 13.7. The van der Waals surface area contributed by atoms with Crippen LogP contribution in [0, 0.1) is 12.7 Å². The molecule has 0 spiro atoms. The van der Waals surface area contributed by atoms with Gasteiger partial charge >= 0.3 is 0 Å². The van der Waals surface area contributed by atoms with Crippen LogP contribution in [0.3, 0.4) is 0 Å². The van der Waals surface area contributed by atoms with Gasteiger partial charge in [0, 0.05) is 23.7 Å². The van der Waals surface area contributed by atoms with Crippen LogP contribution in [0.2, 0.25) is 0 Å². The molecule has 5 nitrogen and oxygen atoms in total. The van der Waals surface area contributed by atoms with E-state index in [0.29, 0.717) is 36.6 Å². The first-order chi connectivity index (χ1) is 13.1. The van der Waals surface area contributed by atoms with Crippen LogP contribution in [0.4, 0.5) is 4.39 Å². The summed E-state index contributed by atoms with van der Waals surface area (Å²) < 4.78 is 21.2. The van der Waals surface area contributed by atoms with E-state index in [9.17, 15) is 9.18 Å². The third-order valence-corrected chi connectivity index (χ3v) is 4.69. The van der Waals surface area contributed by atoms with Crippen LogP contribution in [0.25, 0.3) is 0 Å². The quantitative estimate of drug-likeness (QED) is 0.710. The number of hydrogen-bond acceptors (Lipinski definition) is 3. The van der Waals surface area contributed by atoms with E-state index >= 15 is 0 Å². The number of aryl methyl sites for hydroxylation is 1. The van der Waals surface area contributed by atoms with Crippen molar-refractivity contribution in [3.05, 3.63) is 82.8 Å². The van der Waals surface area contributed by atoms with Gasteiger partial charge in [-0.25, -0.2) is 4.39 Å². The summed E-state index contributed by atoms with van der Waals surface area (Å²) >= 11 is 0. The van der Waals surface area contributed by atoms with Crippen LogP contribution in [0.1, 0.15) is 27.2 Å². The molecule has 4 rings (SSSR count). The first-order valence-electron chi connectivity index (χ1n) is 8.89. The van der Waals surface area contributed by atoms with Gasteiger partial charge in [0.2, 0.25) is 5.88 Å². The van der Waals surface area contributed by atoms with Gasteiger partial charge in [-0.15, -0.1) is 5.10 Å². The molecule has 138 valence electrons. The molecule has 1 aliphatic heterocycles. The lowest BCUT2D eigenvalue weighted by atomic mass is 10.1. The molecule has 0 bridgehead atoms. The van der Waals surface area contributed by atoms with Crippen molar-refractivity contribution < 1.29 is 13.9 Å². The Bertz CT molecular complexity index is 966. The molecule has 1 aliphatic rings. The number of ether oxygens (including phenoxy) is 1. The predicted octanol–water partition coefficient (Wildman–Crippen LogP) is 3.57. The number of amides is 1. The Morgan fingerprint density at radius 3 is 2.70 bits per heavy atom. The van der Waals surface area contributed by atoms with Gasteiger partial charge in [0.15, 0.2) is 0 Å². The molecule has 0 aliphatic carbocycles. The topological polar surface area (TPSA) is 47.4 Å². The summed E-state index contributed by atoms with van der Waals surface area (Å²) in [5.74, 6) is 0.158. The number of halogens is 1. The van der Waals surface area contributed by atoms with Crippen molar-refractivity contribution in [2.45, 2.75) is 26.6 Å². The molecule has 0 saturated heterocycles. The standard InChI is InChI=1S/C21H20FN3O2/c1-15-6-8-16(9-7-15)21(26)24-10-11-25-18(13-24)12-20(23-25)27-14-17-4-2-3-5-19(17)22/h2-9,12H,10-11,13-14H2,1H3. The molecule has 0 fully saturated rings. The van der Waals surface area contributed by atoms with Gasteiger partial charge < -0.3 is 9.64 Å². The first kappa shape index (κ1) is 17.3. The van der Waals surface area contributed by atoms with Crippen LogP contribution in [0.15, 0.2) is 54.6 Å². The average molecular weight is 365 g/mol. The summed E-state index contributed by atoms with van der Waals surface area (Å²) in [5.41, 5.74) is 3.20. The first-order valence-corrected chi connectivity index (χ1v) is 8.89. The van der Waals surface area contributed by atoms with E-state index in [4.69, 9.17) is 4.74 Å². The van der Waals surface area contributed by atoms with Crippen LogP contribution >= 0.6 is 0 Å². The molecule has 0 atom stereocenters. The number of rotatable bonds is 4. The average Bonchev–Trinajstić information content (AvgIpc) is 3.09. The number of aromatic nitrogens is 2. The second kappa shape index (κ2) is 7.23. The van der Waals surface area contributed by atoms with Crippen molar-refractivity contribution in [2.75, 3.05) is 6.54 Å². The van der Waals surface area contributed by atoms with Crippen LogP contribution in [0.5, 0.6) is 5.88 Å². The Morgan fingerprint density at radius 2 is 1.93 bits per heavy atom. The molecule has 2 heterocycles. The van der Waals surface area contributed by atoms with Gasteiger partial charge in [0.25, 0.3) is 5.91 Å². The predicted molar refractivity (Wildman–Crippen MR) is 98.9 cm³/mol. The smallest absolute Gasteiger partial charge is 0.254 e. The van der Waals surface area contributed by atoms with E-state index in [0.717, 1.165) is 11.3 Å². The van der Waals surface area contributed by atoms with Gasteiger partial charge in [-0.3, -0.25) is 9.48 Å². The van der Waals surface area contributed by atoms with Crippen LogP contribution < -0.4 is 4.74 Å². The summed E-state index contributed by atoms with van der Waals surface area (Å²) in [4.78, 5) is 14.5. The number of benzene rings is 2. The number of carbonyl (C=O) groups excluding carboxylic acids is 1. The Labute approximate surface area is 157 Å². The van der Waals surface area contributed by atoms with Crippen molar-refractivity contribution in [3.8, 4) is 5.88 Å². The minimum absolute atomic E-state index is 0.0104. The highest BCUT2D eigenvalue weighted by Gasteiger charge is 2.23. The summed E-state index contributed by atoms with van der Waals surface area (Å²) in [6, 6.07) is 15.9. The molecule has 0 N–H and O–H groups in total. The highest BCUT2D eigenvalue weighted by molar-refractivity contribution is 5.94. The second-order valence-electron chi connectivity index (χ2n) is 6.67. The third-order valence-electron chi connectivity index (χ3n) is 4.69. The molecule has 27 heavy (non-hydrogen) atoms. The Kier molecular flexibility index (Phi) is 4.62. The molecule has 0 radical (unpaired) electrons. The fourth-order valence-corrected chi connectivity index (χ4v) is 3.13. The van der Waals surface area contributed by atoms with Crippen LogP contribution in [-0.2, 0) is 19.7 Å². The fourth-order valence-electron chi connectivity index (χ4n) is 3.13. The number of carbonyl (C=O) groups is 1. The second-order valence-corrected chi connectivity index (χ2v) is 6.67. The number of nitrogens with zero attached hydrogens (tertiary/aromatic N) is 3. The zero-order chi connectivity index (χ0) is 18.8. The zero-order valence-electron chi connectivity index (χ0n) is 15.1. The molecule has 2 aromatic carbocycles. The van der Waals surface area contributed by atoms with E-state index < -0.39 is 0 Å². The van der Waals surface area contributed by atoms with Gasteiger partial charge in [-0.1, -0.05) is 35.9 Å². The summed E-state index contributed by atoms with van der Waals surface area (Å²) in [6.07, 6.45) is 0. The SMILES string of the molecule is Cc1ccc(C(=O)N2CCn3nc(OCc4ccccc4F)cc3C2)cc1. The molecule has 0 saturated carbocycles. The normalized spacial score (nSPS) is 13.3. The highest BCUT2D eigenvalue weighted by Crippen LogP contribution is 2.21. The highest BCUT2D eigenvalue weighted by atomic mass is 19.1. The lowest BCUT2D eigenvalue weighted by molar-refractivity contribution is 0.0706.